The van der Waals surface area contributed by atoms with Gasteiger partial charge >= 0.3 is 0 Å². The van der Waals surface area contributed by atoms with E-state index in [9.17, 15) is 5.11 Å². The number of hydrogen-bond acceptors (Lipinski definition) is 4. The van der Waals surface area contributed by atoms with E-state index in [2.05, 4.69) is 25.9 Å². The highest BCUT2D eigenvalue weighted by molar-refractivity contribution is 9.10. The number of fused-ring (bicyclic) bond motifs is 1. The van der Waals surface area contributed by atoms with E-state index in [1.165, 1.54) is 11.3 Å². The molecule has 0 atom stereocenters. The fraction of sp³-hybridized carbons (Fsp3) is 0. The van der Waals surface area contributed by atoms with Crippen molar-refractivity contribution >= 4 is 48.8 Å². The first-order chi connectivity index (χ1) is 9.22. The maximum atomic E-state index is 9.69. The lowest BCUT2D eigenvalue weighted by atomic mass is 10.2. The first-order valence-corrected chi connectivity index (χ1v) is 7.21. The summed E-state index contributed by atoms with van der Waals surface area (Å²) in [5.74, 6) is 0.193. The third-order valence-electron chi connectivity index (χ3n) is 2.58. The Morgan fingerprint density at radius 3 is 2.68 bits per heavy atom. The van der Waals surface area contributed by atoms with Crippen molar-refractivity contribution in [2.75, 3.05) is 0 Å². The van der Waals surface area contributed by atoms with Crippen molar-refractivity contribution in [3.8, 4) is 5.75 Å². The highest BCUT2D eigenvalue weighted by Crippen LogP contribution is 2.32. The van der Waals surface area contributed by atoms with Crippen LogP contribution in [0.15, 0.2) is 51.9 Å². The summed E-state index contributed by atoms with van der Waals surface area (Å²) in [6, 6.07) is 13.2. The molecule has 0 spiro atoms. The summed E-state index contributed by atoms with van der Waals surface area (Å²) in [7, 11) is 0. The molecule has 3 nitrogen and oxygen atoms in total. The zero-order valence-electron chi connectivity index (χ0n) is 9.75. The topological polar surface area (TPSA) is 45.5 Å². The van der Waals surface area contributed by atoms with E-state index in [-0.39, 0.29) is 5.75 Å². The van der Waals surface area contributed by atoms with E-state index in [4.69, 9.17) is 0 Å². The fourth-order valence-corrected chi connectivity index (χ4v) is 2.75. The summed E-state index contributed by atoms with van der Waals surface area (Å²) in [6.45, 7) is 0. The third kappa shape index (κ3) is 2.67. The number of aromatic nitrogens is 1. The number of hydrogen-bond donors (Lipinski definition) is 1. The lowest BCUT2D eigenvalue weighted by Crippen LogP contribution is -1.78. The molecular formula is C14H9BrN2OS. The van der Waals surface area contributed by atoms with E-state index in [1.807, 2.05) is 30.3 Å². The number of benzene rings is 2. The van der Waals surface area contributed by atoms with Gasteiger partial charge in [-0.3, -0.25) is 0 Å². The molecule has 0 aliphatic carbocycles. The minimum Gasteiger partial charge on any atom is -0.506 e. The van der Waals surface area contributed by atoms with Crippen LogP contribution in [-0.4, -0.2) is 16.3 Å². The highest BCUT2D eigenvalue weighted by Gasteiger charge is 2.05. The van der Waals surface area contributed by atoms with E-state index < -0.39 is 0 Å². The first kappa shape index (κ1) is 12.3. The molecule has 5 heteroatoms. The molecule has 0 aliphatic rings. The summed E-state index contributed by atoms with van der Waals surface area (Å²) >= 11 is 4.85. The number of aliphatic imine (C=N–C) groups is 1. The molecule has 0 amide bonds. The molecule has 2 aromatic carbocycles. The minimum atomic E-state index is 0.193. The Morgan fingerprint density at radius 1 is 1.16 bits per heavy atom. The normalized spacial score (nSPS) is 11.4. The number of para-hydroxylation sites is 1. The van der Waals surface area contributed by atoms with Gasteiger partial charge in [0.2, 0.25) is 5.13 Å². The molecule has 1 N–H and O–H groups in total. The summed E-state index contributed by atoms with van der Waals surface area (Å²) < 4.78 is 1.97. The van der Waals surface area contributed by atoms with Crippen LogP contribution in [0.25, 0.3) is 10.2 Å². The molecule has 3 aromatic rings. The molecule has 3 rings (SSSR count). The molecular weight excluding hydrogens is 324 g/mol. The average molecular weight is 333 g/mol. The molecule has 1 heterocycles. The van der Waals surface area contributed by atoms with Crippen LogP contribution in [0.1, 0.15) is 5.56 Å². The fourth-order valence-electron chi connectivity index (χ4n) is 1.66. The van der Waals surface area contributed by atoms with Crippen LogP contribution in [-0.2, 0) is 0 Å². The number of aromatic hydroxyl groups is 1. The van der Waals surface area contributed by atoms with Gasteiger partial charge in [-0.2, -0.15) is 0 Å². The monoisotopic (exact) mass is 332 g/mol. The molecule has 0 unspecified atom stereocenters. The van der Waals surface area contributed by atoms with Gasteiger partial charge in [0, 0.05) is 10.7 Å². The maximum Gasteiger partial charge on any atom is 0.210 e. The van der Waals surface area contributed by atoms with Crippen molar-refractivity contribution in [3.63, 3.8) is 0 Å². The molecule has 0 bridgehead atoms. The number of thiazole rings is 1. The van der Waals surface area contributed by atoms with Gasteiger partial charge in [0.25, 0.3) is 0 Å². The van der Waals surface area contributed by atoms with Crippen molar-refractivity contribution in [2.45, 2.75) is 0 Å². The molecule has 0 radical (unpaired) electrons. The second-order valence-corrected chi connectivity index (χ2v) is 5.85. The van der Waals surface area contributed by atoms with Crippen LogP contribution >= 0.6 is 27.3 Å². The molecule has 0 saturated heterocycles. The van der Waals surface area contributed by atoms with Crippen molar-refractivity contribution in [3.05, 3.63) is 52.5 Å². The molecule has 94 valence electrons. The van der Waals surface area contributed by atoms with E-state index >= 15 is 0 Å². The van der Waals surface area contributed by atoms with Gasteiger partial charge in [-0.15, -0.1) is 0 Å². The Morgan fingerprint density at radius 2 is 1.95 bits per heavy atom. The largest absolute Gasteiger partial charge is 0.506 e. The second-order valence-electron chi connectivity index (χ2n) is 3.93. The summed E-state index contributed by atoms with van der Waals surface area (Å²) in [6.07, 6.45) is 1.77. The first-order valence-electron chi connectivity index (χ1n) is 5.60. The number of phenolic OH excluding ortho intramolecular Hbond substituents is 1. The van der Waals surface area contributed by atoms with Gasteiger partial charge in [-0.25, -0.2) is 9.98 Å². The Balaban J connectivity index is 1.93. The van der Waals surface area contributed by atoms with Gasteiger partial charge in [0.05, 0.1) is 4.70 Å². The van der Waals surface area contributed by atoms with E-state index in [0.29, 0.717) is 10.6 Å². The second kappa shape index (κ2) is 5.11. The van der Waals surface area contributed by atoms with Crippen molar-refractivity contribution < 1.29 is 5.11 Å². The quantitative estimate of drug-likeness (QED) is 0.701. The SMILES string of the molecule is Oc1cccc2sc(N=Cc3ccc(Br)cc3)nc12. The van der Waals surface area contributed by atoms with Crippen molar-refractivity contribution in [1.82, 2.24) is 4.98 Å². The number of halogens is 1. The lowest BCUT2D eigenvalue weighted by molar-refractivity contribution is 0.480. The molecule has 19 heavy (non-hydrogen) atoms. The molecule has 0 aliphatic heterocycles. The number of phenols is 1. The van der Waals surface area contributed by atoms with Crippen molar-refractivity contribution in [2.24, 2.45) is 4.99 Å². The molecule has 0 fully saturated rings. The van der Waals surface area contributed by atoms with Gasteiger partial charge in [-0.1, -0.05) is 45.5 Å². The van der Waals surface area contributed by atoms with Crippen LogP contribution in [0, 0.1) is 0 Å². The standard InChI is InChI=1S/C14H9BrN2OS/c15-10-6-4-9(5-7-10)8-16-14-17-13-11(18)2-1-3-12(13)19-14/h1-8,18H. The third-order valence-corrected chi connectivity index (χ3v) is 4.04. The smallest absolute Gasteiger partial charge is 0.210 e. The number of rotatable bonds is 2. The average Bonchev–Trinajstić information content (AvgIpc) is 2.83. The van der Waals surface area contributed by atoms with Crippen molar-refractivity contribution in [1.29, 1.82) is 0 Å². The lowest BCUT2D eigenvalue weighted by Gasteiger charge is -1.91. The summed E-state index contributed by atoms with van der Waals surface area (Å²) in [4.78, 5) is 8.65. The molecule has 1 aromatic heterocycles. The Bertz CT molecular complexity index is 750. The predicted octanol–water partition coefficient (Wildman–Crippen LogP) is 4.52. The van der Waals surface area contributed by atoms with Crippen LogP contribution < -0.4 is 0 Å². The van der Waals surface area contributed by atoms with Crippen LogP contribution in [0.5, 0.6) is 5.75 Å². The highest BCUT2D eigenvalue weighted by atomic mass is 79.9. The Hall–Kier alpha value is -1.72. The maximum absolute atomic E-state index is 9.69. The summed E-state index contributed by atoms with van der Waals surface area (Å²) in [5, 5.41) is 10.3. The van der Waals surface area contributed by atoms with E-state index in [0.717, 1.165) is 14.7 Å². The van der Waals surface area contributed by atoms with E-state index in [1.54, 1.807) is 18.3 Å². The summed E-state index contributed by atoms with van der Waals surface area (Å²) in [5.41, 5.74) is 1.61. The van der Waals surface area contributed by atoms with Gasteiger partial charge in [-0.05, 0) is 29.8 Å². The number of nitrogens with zero attached hydrogens (tertiary/aromatic N) is 2. The van der Waals surface area contributed by atoms with Gasteiger partial charge in [0.15, 0.2) is 0 Å². The van der Waals surface area contributed by atoms with Crippen LogP contribution in [0.3, 0.4) is 0 Å². The van der Waals surface area contributed by atoms with Crippen LogP contribution in [0.2, 0.25) is 0 Å². The minimum absolute atomic E-state index is 0.193. The molecule has 0 saturated carbocycles. The van der Waals surface area contributed by atoms with Gasteiger partial charge in [0.1, 0.15) is 11.3 Å². The van der Waals surface area contributed by atoms with Crippen LogP contribution in [0.4, 0.5) is 5.13 Å². The Kier molecular flexibility index (Phi) is 3.31. The van der Waals surface area contributed by atoms with Gasteiger partial charge < -0.3 is 5.11 Å². The zero-order valence-corrected chi connectivity index (χ0v) is 12.1. The predicted molar refractivity (Wildman–Crippen MR) is 82.7 cm³/mol. The Labute approximate surface area is 122 Å². The zero-order chi connectivity index (χ0) is 13.2.